The van der Waals surface area contributed by atoms with Gasteiger partial charge in [0.15, 0.2) is 0 Å². The summed E-state index contributed by atoms with van der Waals surface area (Å²) in [6, 6.07) is -0.369. The first-order valence-corrected chi connectivity index (χ1v) is 9.90. The van der Waals surface area contributed by atoms with E-state index in [-0.39, 0.29) is 24.4 Å². The van der Waals surface area contributed by atoms with E-state index in [2.05, 4.69) is 5.32 Å². The molecule has 1 fully saturated rings. The Morgan fingerprint density at radius 2 is 1.79 bits per heavy atom. The van der Waals surface area contributed by atoms with Crippen LogP contribution in [0.25, 0.3) is 0 Å². The Balaban J connectivity index is 3.05. The first-order valence-electron chi connectivity index (χ1n) is 9.90. The van der Waals surface area contributed by atoms with Gasteiger partial charge in [0.05, 0.1) is 11.5 Å². The van der Waals surface area contributed by atoms with Crippen LogP contribution in [0.1, 0.15) is 60.8 Å². The van der Waals surface area contributed by atoms with E-state index in [1.165, 1.54) is 4.90 Å². The number of nitrogens with one attached hydrogen (secondary N) is 1. The van der Waals surface area contributed by atoms with Gasteiger partial charge in [-0.25, -0.2) is 0 Å². The number of rotatable bonds is 6. The summed E-state index contributed by atoms with van der Waals surface area (Å²) in [7, 11) is 1.83. The second-order valence-corrected chi connectivity index (χ2v) is 9.19. The summed E-state index contributed by atoms with van der Waals surface area (Å²) in [5.41, 5.74) is -0.724. The first-order chi connectivity index (χ1) is 12.7. The highest BCUT2D eigenvalue weighted by atomic mass is 19.4. The number of halogens is 3. The highest BCUT2D eigenvalue weighted by Crippen LogP contribution is 2.35. The minimum absolute atomic E-state index is 0.0808. The van der Waals surface area contributed by atoms with E-state index in [9.17, 15) is 22.8 Å². The van der Waals surface area contributed by atoms with E-state index in [4.69, 9.17) is 4.74 Å². The van der Waals surface area contributed by atoms with Crippen LogP contribution in [0, 0.1) is 17.3 Å². The lowest BCUT2D eigenvalue weighted by atomic mass is 9.79. The third-order valence-electron chi connectivity index (χ3n) is 5.34. The molecular formula is C20H35F3N2O3. The molecule has 8 heteroatoms. The maximum absolute atomic E-state index is 12.9. The van der Waals surface area contributed by atoms with Crippen LogP contribution in [0.3, 0.4) is 0 Å². The second kappa shape index (κ2) is 9.46. The number of piperidine rings is 1. The molecule has 5 atom stereocenters. The van der Waals surface area contributed by atoms with Gasteiger partial charge in [-0.15, -0.1) is 0 Å². The van der Waals surface area contributed by atoms with Crippen molar-refractivity contribution >= 4 is 11.9 Å². The molecule has 2 unspecified atom stereocenters. The van der Waals surface area contributed by atoms with Gasteiger partial charge < -0.3 is 15.0 Å². The Labute approximate surface area is 166 Å². The van der Waals surface area contributed by atoms with Crippen LogP contribution in [0.5, 0.6) is 0 Å². The van der Waals surface area contributed by atoms with Gasteiger partial charge in [0.2, 0.25) is 5.91 Å². The molecule has 164 valence electrons. The number of likely N-dealkylation sites (tertiary alicyclic amines) is 1. The summed E-state index contributed by atoms with van der Waals surface area (Å²) >= 11 is 0. The second-order valence-electron chi connectivity index (χ2n) is 9.19. The molecule has 1 amide bonds. The molecule has 0 aliphatic carbocycles. The van der Waals surface area contributed by atoms with Crippen molar-refractivity contribution in [3.8, 4) is 0 Å². The Kier molecular flexibility index (Phi) is 8.35. The molecule has 1 N–H and O–H groups in total. The van der Waals surface area contributed by atoms with E-state index in [1.54, 1.807) is 27.7 Å². The fraction of sp³-hybridized carbons (Fsp3) is 0.900. The Bertz CT molecular complexity index is 546. The summed E-state index contributed by atoms with van der Waals surface area (Å²) in [4.78, 5) is 26.1. The SMILES string of the molecule is CN[C@H](C)CC1C[C@@H](C)C([C@H](C)OC(=O)C(C)(C)C)N(C(=O)CC(F)(F)F)C1. The standard InChI is InChI=1S/C20H35F3N2O3/c1-12-8-15(9-13(2)24-7)11-25(16(26)10-20(21,22)23)17(12)14(3)28-18(27)19(4,5)6/h12-15,17,24H,8-11H2,1-7H3/t12-,13-,14+,15?,17?/m1/s1. The zero-order chi connectivity index (χ0) is 21.9. The molecule has 0 bridgehead atoms. The fourth-order valence-electron chi connectivity index (χ4n) is 3.91. The molecule has 1 aliphatic heterocycles. The van der Waals surface area contributed by atoms with Crippen LogP contribution in [0.2, 0.25) is 0 Å². The highest BCUT2D eigenvalue weighted by Gasteiger charge is 2.44. The summed E-state index contributed by atoms with van der Waals surface area (Å²) < 4.78 is 44.2. The molecule has 1 aliphatic rings. The van der Waals surface area contributed by atoms with Gasteiger partial charge in [0.1, 0.15) is 12.5 Å². The van der Waals surface area contributed by atoms with Crippen molar-refractivity contribution in [2.75, 3.05) is 13.6 Å². The maximum atomic E-state index is 12.9. The smallest absolute Gasteiger partial charge is 0.397 e. The van der Waals surface area contributed by atoms with E-state index in [0.29, 0.717) is 0 Å². The number of alkyl halides is 3. The fourth-order valence-corrected chi connectivity index (χ4v) is 3.91. The van der Waals surface area contributed by atoms with Gasteiger partial charge >= 0.3 is 12.1 Å². The molecule has 5 nitrogen and oxygen atoms in total. The van der Waals surface area contributed by atoms with Crippen LogP contribution >= 0.6 is 0 Å². The normalized spacial score (nSPS) is 25.9. The van der Waals surface area contributed by atoms with Gasteiger partial charge in [-0.1, -0.05) is 6.92 Å². The van der Waals surface area contributed by atoms with Crippen molar-refractivity contribution in [1.82, 2.24) is 10.2 Å². The predicted molar refractivity (Wildman–Crippen MR) is 102 cm³/mol. The molecule has 1 rings (SSSR count). The number of esters is 1. The number of carbonyl (C=O) groups is 2. The van der Waals surface area contributed by atoms with Gasteiger partial charge in [0.25, 0.3) is 0 Å². The molecule has 0 radical (unpaired) electrons. The predicted octanol–water partition coefficient (Wildman–Crippen LogP) is 3.77. The minimum atomic E-state index is -4.57. The Morgan fingerprint density at radius 1 is 1.21 bits per heavy atom. The van der Waals surface area contributed by atoms with Crippen LogP contribution < -0.4 is 5.32 Å². The largest absolute Gasteiger partial charge is 0.460 e. The molecule has 1 saturated heterocycles. The highest BCUT2D eigenvalue weighted by molar-refractivity contribution is 5.78. The third-order valence-corrected chi connectivity index (χ3v) is 5.34. The van der Waals surface area contributed by atoms with Crippen molar-refractivity contribution in [1.29, 1.82) is 0 Å². The molecule has 0 saturated carbocycles. The van der Waals surface area contributed by atoms with Crippen molar-refractivity contribution in [3.05, 3.63) is 0 Å². The monoisotopic (exact) mass is 408 g/mol. The van der Waals surface area contributed by atoms with Crippen LogP contribution in [-0.2, 0) is 14.3 Å². The molecule has 0 aromatic heterocycles. The summed E-state index contributed by atoms with van der Waals surface area (Å²) in [5.74, 6) is -1.37. The first kappa shape index (κ1) is 24.7. The number of hydrogen-bond acceptors (Lipinski definition) is 4. The lowest BCUT2D eigenvalue weighted by Gasteiger charge is -2.46. The topological polar surface area (TPSA) is 58.6 Å². The average molecular weight is 409 g/mol. The van der Waals surface area contributed by atoms with Crippen molar-refractivity contribution < 1.29 is 27.5 Å². The quantitative estimate of drug-likeness (QED) is 0.680. The summed E-state index contributed by atoms with van der Waals surface area (Å²) in [6.45, 7) is 11.0. The number of amides is 1. The van der Waals surface area contributed by atoms with Crippen molar-refractivity contribution in [2.45, 2.75) is 85.2 Å². The summed E-state index contributed by atoms with van der Waals surface area (Å²) in [6.07, 6.45) is -5.21. The van der Waals surface area contributed by atoms with Gasteiger partial charge in [-0.2, -0.15) is 13.2 Å². The number of ether oxygens (including phenoxy) is 1. The zero-order valence-corrected chi connectivity index (χ0v) is 18.0. The van der Waals surface area contributed by atoms with Gasteiger partial charge in [-0.05, 0) is 66.3 Å². The maximum Gasteiger partial charge on any atom is 0.397 e. The number of hydrogen-bond donors (Lipinski definition) is 1. The molecule has 0 aromatic rings. The van der Waals surface area contributed by atoms with Crippen LogP contribution in [-0.4, -0.2) is 54.7 Å². The van der Waals surface area contributed by atoms with Crippen molar-refractivity contribution in [2.24, 2.45) is 17.3 Å². The van der Waals surface area contributed by atoms with E-state index in [1.807, 2.05) is 20.9 Å². The Morgan fingerprint density at radius 3 is 2.25 bits per heavy atom. The van der Waals surface area contributed by atoms with E-state index >= 15 is 0 Å². The van der Waals surface area contributed by atoms with Crippen molar-refractivity contribution in [3.63, 3.8) is 0 Å². The van der Waals surface area contributed by atoms with Crippen LogP contribution in [0.15, 0.2) is 0 Å². The lowest BCUT2D eigenvalue weighted by molar-refractivity contribution is -0.176. The van der Waals surface area contributed by atoms with Crippen LogP contribution in [0.4, 0.5) is 13.2 Å². The van der Waals surface area contributed by atoms with Gasteiger partial charge in [-0.3, -0.25) is 9.59 Å². The third kappa shape index (κ3) is 7.26. The minimum Gasteiger partial charge on any atom is -0.460 e. The molecule has 1 heterocycles. The zero-order valence-electron chi connectivity index (χ0n) is 18.0. The van der Waals surface area contributed by atoms with E-state index in [0.717, 1.165) is 12.8 Å². The number of nitrogens with zero attached hydrogens (tertiary/aromatic N) is 1. The molecule has 28 heavy (non-hydrogen) atoms. The summed E-state index contributed by atoms with van der Waals surface area (Å²) in [5, 5.41) is 3.13. The molecule has 0 spiro atoms. The Hall–Kier alpha value is -1.31. The van der Waals surface area contributed by atoms with Gasteiger partial charge in [0, 0.05) is 12.6 Å². The molecule has 0 aromatic carbocycles. The lowest BCUT2D eigenvalue weighted by Crippen LogP contribution is -2.57. The molecular weight excluding hydrogens is 373 g/mol. The number of carbonyl (C=O) groups excluding carboxylic acids is 2. The van der Waals surface area contributed by atoms with E-state index < -0.39 is 42.0 Å². The average Bonchev–Trinajstić information content (AvgIpc) is 2.51.